The fraction of sp³-hybridized carbons (Fsp3) is 0.833. The fourth-order valence-corrected chi connectivity index (χ4v) is 2.13. The lowest BCUT2D eigenvalue weighted by molar-refractivity contribution is -0.129. The number of nitriles is 1. The predicted molar refractivity (Wildman–Crippen MR) is 64.3 cm³/mol. The number of likely N-dealkylation sites (tertiary alicyclic amines) is 1. The molecule has 1 saturated heterocycles. The first-order chi connectivity index (χ1) is 8.01. The minimum Gasteiger partial charge on any atom is -0.362 e. The van der Waals surface area contributed by atoms with Crippen LogP contribution in [-0.4, -0.2) is 50.2 Å². The molecule has 1 aliphatic heterocycles. The van der Waals surface area contributed by atoms with Crippen molar-refractivity contribution in [1.82, 2.24) is 10.2 Å². The molecule has 0 saturated carbocycles. The third-order valence-corrected chi connectivity index (χ3v) is 3.28. The highest BCUT2D eigenvalue weighted by Crippen LogP contribution is 2.29. The second-order valence-electron chi connectivity index (χ2n) is 4.81. The first-order valence-electron chi connectivity index (χ1n) is 5.97. The maximum absolute atomic E-state index is 11.7. The molecule has 1 rings (SSSR count). The Morgan fingerprint density at radius 1 is 1.71 bits per heavy atom. The molecule has 0 aromatic heterocycles. The monoisotopic (exact) mass is 239 g/mol. The average molecular weight is 239 g/mol. The normalized spacial score (nSPS) is 26.5. The van der Waals surface area contributed by atoms with E-state index in [-0.39, 0.29) is 17.4 Å². The van der Waals surface area contributed by atoms with E-state index in [0.29, 0.717) is 6.61 Å². The number of rotatable bonds is 5. The average Bonchev–Trinajstić information content (AvgIpc) is 2.71. The van der Waals surface area contributed by atoms with Gasteiger partial charge in [-0.2, -0.15) is 5.26 Å². The van der Waals surface area contributed by atoms with Crippen LogP contribution >= 0.6 is 0 Å². The molecule has 1 aliphatic rings. The number of amides is 1. The Balaban J connectivity index is 2.31. The molecular formula is C12H21N3O2. The van der Waals surface area contributed by atoms with Crippen molar-refractivity contribution in [2.75, 3.05) is 33.3 Å². The van der Waals surface area contributed by atoms with Crippen LogP contribution in [0.1, 0.15) is 20.3 Å². The number of hydrogen-bond acceptors (Lipinski definition) is 4. The summed E-state index contributed by atoms with van der Waals surface area (Å²) in [6, 6.07) is 2.03. The van der Waals surface area contributed by atoms with Gasteiger partial charge in [0, 0.05) is 20.1 Å². The van der Waals surface area contributed by atoms with Crippen molar-refractivity contribution in [1.29, 1.82) is 5.26 Å². The summed E-state index contributed by atoms with van der Waals surface area (Å²) in [5.74, 6) is 0.103. The van der Waals surface area contributed by atoms with E-state index in [4.69, 9.17) is 10.00 Å². The molecule has 2 unspecified atom stereocenters. The van der Waals surface area contributed by atoms with Gasteiger partial charge in [-0.05, 0) is 26.8 Å². The lowest BCUT2D eigenvalue weighted by Crippen LogP contribution is -2.39. The molecule has 5 nitrogen and oxygen atoms in total. The van der Waals surface area contributed by atoms with Gasteiger partial charge in [0.25, 0.3) is 0 Å². The highest BCUT2D eigenvalue weighted by Gasteiger charge is 2.39. The summed E-state index contributed by atoms with van der Waals surface area (Å²) in [6.45, 7) is 6.71. The molecule has 0 aliphatic carbocycles. The molecule has 0 radical (unpaired) electrons. The van der Waals surface area contributed by atoms with E-state index >= 15 is 0 Å². The largest absolute Gasteiger partial charge is 0.362 e. The number of carbonyl (C=O) groups is 1. The van der Waals surface area contributed by atoms with Crippen LogP contribution in [0.3, 0.4) is 0 Å². The van der Waals surface area contributed by atoms with Crippen molar-refractivity contribution in [2.24, 2.45) is 5.41 Å². The van der Waals surface area contributed by atoms with Crippen molar-refractivity contribution in [2.45, 2.75) is 26.4 Å². The Morgan fingerprint density at radius 2 is 2.41 bits per heavy atom. The summed E-state index contributed by atoms with van der Waals surface area (Å²) >= 11 is 0. The summed E-state index contributed by atoms with van der Waals surface area (Å²) in [7, 11) is 1.67. The zero-order chi connectivity index (χ0) is 12.9. The third kappa shape index (κ3) is 3.69. The topological polar surface area (TPSA) is 65.4 Å². The first kappa shape index (κ1) is 13.9. The Kier molecular flexibility index (Phi) is 4.91. The molecule has 0 aromatic carbocycles. The summed E-state index contributed by atoms with van der Waals surface area (Å²) in [5.41, 5.74) is -0.282. The van der Waals surface area contributed by atoms with Gasteiger partial charge in [-0.15, -0.1) is 0 Å². The zero-order valence-corrected chi connectivity index (χ0v) is 10.8. The van der Waals surface area contributed by atoms with Crippen LogP contribution in [0.2, 0.25) is 0 Å². The number of nitrogens with one attached hydrogen (secondary N) is 1. The van der Waals surface area contributed by atoms with Gasteiger partial charge >= 0.3 is 0 Å². The molecule has 0 aromatic rings. The van der Waals surface area contributed by atoms with Crippen molar-refractivity contribution < 1.29 is 9.53 Å². The Hall–Kier alpha value is -1.12. The van der Waals surface area contributed by atoms with Crippen LogP contribution < -0.4 is 5.32 Å². The number of nitrogens with zero attached hydrogens (tertiary/aromatic N) is 2. The lowest BCUT2D eigenvalue weighted by Gasteiger charge is -2.22. The van der Waals surface area contributed by atoms with Gasteiger partial charge in [-0.25, -0.2) is 0 Å². The predicted octanol–water partition coefficient (Wildman–Crippen LogP) is 0.373. The van der Waals surface area contributed by atoms with Crippen molar-refractivity contribution in [3.63, 3.8) is 0 Å². The second kappa shape index (κ2) is 5.99. The van der Waals surface area contributed by atoms with Gasteiger partial charge in [0.15, 0.2) is 0 Å². The Bertz CT molecular complexity index is 313. The van der Waals surface area contributed by atoms with E-state index in [1.54, 1.807) is 14.0 Å². The summed E-state index contributed by atoms with van der Waals surface area (Å²) in [6.07, 6.45) is 0.517. The Labute approximate surface area is 103 Å². The van der Waals surface area contributed by atoms with E-state index in [1.165, 1.54) is 0 Å². The quantitative estimate of drug-likeness (QED) is 0.753. The molecule has 1 amide bonds. The molecule has 1 fully saturated rings. The molecule has 0 spiro atoms. The highest BCUT2D eigenvalue weighted by molar-refractivity contribution is 5.82. The number of ether oxygens (including phenoxy) is 1. The van der Waals surface area contributed by atoms with Crippen LogP contribution in [-0.2, 0) is 9.53 Å². The fourth-order valence-electron chi connectivity index (χ4n) is 2.13. The van der Waals surface area contributed by atoms with E-state index in [1.807, 2.05) is 13.0 Å². The maximum atomic E-state index is 11.7. The lowest BCUT2D eigenvalue weighted by atomic mass is 9.89. The van der Waals surface area contributed by atoms with E-state index in [2.05, 4.69) is 10.2 Å². The molecule has 96 valence electrons. The van der Waals surface area contributed by atoms with Crippen LogP contribution in [0.4, 0.5) is 0 Å². The third-order valence-electron chi connectivity index (χ3n) is 3.28. The van der Waals surface area contributed by atoms with Crippen LogP contribution in [0.25, 0.3) is 0 Å². The summed E-state index contributed by atoms with van der Waals surface area (Å²) in [4.78, 5) is 13.9. The van der Waals surface area contributed by atoms with Gasteiger partial charge in [0.2, 0.25) is 5.91 Å². The maximum Gasteiger partial charge on any atom is 0.227 e. The van der Waals surface area contributed by atoms with Gasteiger partial charge in [-0.3, -0.25) is 9.69 Å². The number of hydrogen-bond donors (Lipinski definition) is 1. The number of carbonyl (C=O) groups excluding carboxylic acids is 1. The summed E-state index contributed by atoms with van der Waals surface area (Å²) in [5, 5.41) is 11.3. The van der Waals surface area contributed by atoms with E-state index < -0.39 is 0 Å². The SMILES string of the molecule is CNC(=O)C1(C)CCN(CCOC(C)C#N)C1. The second-order valence-corrected chi connectivity index (χ2v) is 4.81. The molecule has 5 heteroatoms. The van der Waals surface area contributed by atoms with Crippen molar-refractivity contribution in [3.05, 3.63) is 0 Å². The van der Waals surface area contributed by atoms with Gasteiger partial charge < -0.3 is 10.1 Å². The minimum absolute atomic E-state index is 0.103. The van der Waals surface area contributed by atoms with Gasteiger partial charge in [0.05, 0.1) is 18.1 Å². The summed E-state index contributed by atoms with van der Waals surface area (Å²) < 4.78 is 5.30. The molecule has 1 N–H and O–H groups in total. The molecule has 1 heterocycles. The zero-order valence-electron chi connectivity index (χ0n) is 10.8. The van der Waals surface area contributed by atoms with E-state index in [9.17, 15) is 4.79 Å². The standard InChI is InChI=1S/C12H21N3O2/c1-10(8-13)17-7-6-15-5-4-12(2,9-15)11(16)14-3/h10H,4-7,9H2,1-3H3,(H,14,16). The molecular weight excluding hydrogens is 218 g/mol. The van der Waals surface area contributed by atoms with E-state index in [0.717, 1.165) is 26.1 Å². The van der Waals surface area contributed by atoms with Crippen molar-refractivity contribution >= 4 is 5.91 Å². The van der Waals surface area contributed by atoms with Crippen LogP contribution in [0.15, 0.2) is 0 Å². The molecule has 2 atom stereocenters. The smallest absolute Gasteiger partial charge is 0.227 e. The highest BCUT2D eigenvalue weighted by atomic mass is 16.5. The Morgan fingerprint density at radius 3 is 3.00 bits per heavy atom. The van der Waals surface area contributed by atoms with Gasteiger partial charge in [0.1, 0.15) is 6.10 Å². The molecule has 0 bridgehead atoms. The van der Waals surface area contributed by atoms with Crippen LogP contribution in [0, 0.1) is 16.7 Å². The van der Waals surface area contributed by atoms with Crippen LogP contribution in [0.5, 0.6) is 0 Å². The molecule has 17 heavy (non-hydrogen) atoms. The van der Waals surface area contributed by atoms with Crippen molar-refractivity contribution in [3.8, 4) is 6.07 Å². The minimum atomic E-state index is -0.358. The van der Waals surface area contributed by atoms with Gasteiger partial charge in [-0.1, -0.05) is 0 Å². The first-order valence-corrected chi connectivity index (χ1v) is 5.97.